The molecule has 1 amide bonds. The number of benzene rings is 1. The Morgan fingerprint density at radius 3 is 2.40 bits per heavy atom. The summed E-state index contributed by atoms with van der Waals surface area (Å²) in [5, 5.41) is 3.13. The van der Waals surface area contributed by atoms with Gasteiger partial charge in [0.15, 0.2) is 0 Å². The van der Waals surface area contributed by atoms with Gasteiger partial charge in [0.2, 0.25) is 0 Å². The minimum atomic E-state index is -0.548. The van der Waals surface area contributed by atoms with Crippen LogP contribution in [0.4, 0.5) is 10.5 Å². The minimum absolute atomic E-state index is 0.322. The maximum absolute atomic E-state index is 11.8. The van der Waals surface area contributed by atoms with E-state index in [-0.39, 0.29) is 5.54 Å². The molecule has 0 aliphatic heterocycles. The number of anilines is 1. The van der Waals surface area contributed by atoms with Gasteiger partial charge in [0.1, 0.15) is 5.60 Å². The summed E-state index contributed by atoms with van der Waals surface area (Å²) in [6, 6.07) is 5.47. The van der Waals surface area contributed by atoms with Gasteiger partial charge in [-0.05, 0) is 58.7 Å². The fourth-order valence-electron chi connectivity index (χ4n) is 1.72. The van der Waals surface area contributed by atoms with E-state index < -0.39 is 11.7 Å². The van der Waals surface area contributed by atoms with Crippen LogP contribution in [0.3, 0.4) is 0 Å². The summed E-state index contributed by atoms with van der Waals surface area (Å²) in [5.41, 5.74) is 6.66. The van der Waals surface area contributed by atoms with Gasteiger partial charge in [-0.25, -0.2) is 4.79 Å². The zero-order valence-electron chi connectivity index (χ0n) is 12.7. The summed E-state index contributed by atoms with van der Waals surface area (Å²) in [7, 11) is 0. The Bertz CT molecular complexity index is 488. The predicted molar refractivity (Wildman–Crippen MR) is 83.3 cm³/mol. The molecule has 0 heterocycles. The van der Waals surface area contributed by atoms with E-state index in [1.54, 1.807) is 6.07 Å². The lowest BCUT2D eigenvalue weighted by atomic mass is 9.96. The van der Waals surface area contributed by atoms with Gasteiger partial charge in [-0.15, -0.1) is 0 Å². The highest BCUT2D eigenvalue weighted by Gasteiger charge is 2.18. The lowest BCUT2D eigenvalue weighted by Crippen LogP contribution is -2.34. The Labute approximate surface area is 125 Å². The largest absolute Gasteiger partial charge is 0.444 e. The van der Waals surface area contributed by atoms with Crippen LogP contribution in [-0.4, -0.2) is 17.2 Å². The Kier molecular flexibility index (Phi) is 5.05. The molecule has 0 atom stereocenters. The van der Waals surface area contributed by atoms with Crippen molar-refractivity contribution in [2.75, 3.05) is 5.32 Å². The number of hydrogen-bond acceptors (Lipinski definition) is 3. The van der Waals surface area contributed by atoms with Crippen molar-refractivity contribution in [1.82, 2.24) is 0 Å². The fourth-order valence-corrected chi connectivity index (χ4v) is 1.88. The molecule has 112 valence electrons. The van der Waals surface area contributed by atoms with Gasteiger partial charge in [-0.1, -0.05) is 17.7 Å². The van der Waals surface area contributed by atoms with Crippen LogP contribution in [0.1, 0.15) is 40.2 Å². The Morgan fingerprint density at radius 1 is 1.30 bits per heavy atom. The van der Waals surface area contributed by atoms with E-state index in [2.05, 4.69) is 5.32 Å². The summed E-state index contributed by atoms with van der Waals surface area (Å²) in [5.74, 6) is 0. The third kappa shape index (κ3) is 6.26. The molecule has 1 aromatic rings. The Hall–Kier alpha value is -1.26. The summed E-state index contributed by atoms with van der Waals surface area (Å²) in [6.07, 6.45) is 0.163. The third-order valence-corrected chi connectivity index (χ3v) is 2.66. The number of nitrogens with two attached hydrogens (primary N) is 1. The van der Waals surface area contributed by atoms with Gasteiger partial charge < -0.3 is 10.5 Å². The summed E-state index contributed by atoms with van der Waals surface area (Å²) in [6.45, 7) is 9.32. The van der Waals surface area contributed by atoms with Crippen molar-refractivity contribution in [3.63, 3.8) is 0 Å². The van der Waals surface area contributed by atoms with Crippen molar-refractivity contribution in [3.05, 3.63) is 28.8 Å². The lowest BCUT2D eigenvalue weighted by molar-refractivity contribution is 0.0636. The van der Waals surface area contributed by atoms with Crippen LogP contribution >= 0.6 is 11.6 Å². The van der Waals surface area contributed by atoms with Crippen molar-refractivity contribution < 1.29 is 9.53 Å². The van der Waals surface area contributed by atoms with Crippen molar-refractivity contribution in [1.29, 1.82) is 0 Å². The zero-order valence-corrected chi connectivity index (χ0v) is 13.5. The third-order valence-electron chi connectivity index (χ3n) is 2.33. The molecule has 1 rings (SSSR count). The molecule has 4 nitrogen and oxygen atoms in total. The standard InChI is InChI=1S/C15H23ClN2O2/c1-14(2,3)20-13(19)18-12-8-10(6-7-11(12)16)9-15(4,5)17/h6-8H,9,17H2,1-5H3,(H,18,19). The van der Waals surface area contributed by atoms with Gasteiger partial charge >= 0.3 is 6.09 Å². The maximum Gasteiger partial charge on any atom is 0.412 e. The quantitative estimate of drug-likeness (QED) is 0.887. The Balaban J connectivity index is 2.84. The number of halogens is 1. The average Bonchev–Trinajstić information content (AvgIpc) is 2.18. The first-order valence-corrected chi connectivity index (χ1v) is 6.91. The second-order valence-corrected chi connectivity index (χ2v) is 7.01. The average molecular weight is 299 g/mol. The molecule has 0 aliphatic carbocycles. The zero-order chi connectivity index (χ0) is 15.6. The molecule has 20 heavy (non-hydrogen) atoms. The number of amides is 1. The SMILES string of the molecule is CC(C)(N)Cc1ccc(Cl)c(NC(=O)OC(C)(C)C)c1. The normalized spacial score (nSPS) is 12.2. The lowest BCUT2D eigenvalue weighted by Gasteiger charge is -2.21. The van der Waals surface area contributed by atoms with Crippen molar-refractivity contribution >= 4 is 23.4 Å². The van der Waals surface area contributed by atoms with E-state index >= 15 is 0 Å². The molecule has 0 unspecified atom stereocenters. The predicted octanol–water partition coefficient (Wildman–Crippen LogP) is 3.97. The number of hydrogen-bond donors (Lipinski definition) is 2. The van der Waals surface area contributed by atoms with Gasteiger partial charge in [0.25, 0.3) is 0 Å². The van der Waals surface area contributed by atoms with Crippen LogP contribution in [0.2, 0.25) is 5.02 Å². The molecule has 0 aliphatic rings. The topological polar surface area (TPSA) is 64.3 Å². The van der Waals surface area contributed by atoms with Crippen molar-refractivity contribution in [3.8, 4) is 0 Å². The highest BCUT2D eigenvalue weighted by atomic mass is 35.5. The first-order valence-electron chi connectivity index (χ1n) is 6.54. The van der Waals surface area contributed by atoms with Crippen LogP contribution in [0.15, 0.2) is 18.2 Å². The number of carbonyl (C=O) groups is 1. The molecule has 0 saturated heterocycles. The maximum atomic E-state index is 11.8. The van der Waals surface area contributed by atoms with E-state index in [9.17, 15) is 4.79 Å². The fraction of sp³-hybridized carbons (Fsp3) is 0.533. The van der Waals surface area contributed by atoms with Crippen molar-refractivity contribution in [2.45, 2.75) is 52.2 Å². The van der Waals surface area contributed by atoms with Gasteiger partial charge in [-0.3, -0.25) is 5.32 Å². The molecule has 0 saturated carbocycles. The number of rotatable bonds is 3. The highest BCUT2D eigenvalue weighted by molar-refractivity contribution is 6.33. The molecule has 0 radical (unpaired) electrons. The van der Waals surface area contributed by atoms with Gasteiger partial charge in [-0.2, -0.15) is 0 Å². The first kappa shape index (κ1) is 16.8. The van der Waals surface area contributed by atoms with Gasteiger partial charge in [0, 0.05) is 5.54 Å². The number of ether oxygens (including phenoxy) is 1. The van der Waals surface area contributed by atoms with Crippen LogP contribution in [0.5, 0.6) is 0 Å². The molecule has 0 aromatic heterocycles. The van der Waals surface area contributed by atoms with Crippen LogP contribution < -0.4 is 11.1 Å². The molecule has 1 aromatic carbocycles. The van der Waals surface area contributed by atoms with E-state index in [1.807, 2.05) is 46.8 Å². The van der Waals surface area contributed by atoms with E-state index in [0.29, 0.717) is 17.1 Å². The molecule has 0 bridgehead atoms. The molecule has 5 heteroatoms. The second kappa shape index (κ2) is 6.02. The van der Waals surface area contributed by atoms with Crippen LogP contribution in [0.25, 0.3) is 0 Å². The van der Waals surface area contributed by atoms with Gasteiger partial charge in [0.05, 0.1) is 10.7 Å². The van der Waals surface area contributed by atoms with Crippen molar-refractivity contribution in [2.24, 2.45) is 5.73 Å². The van der Waals surface area contributed by atoms with Crippen LogP contribution in [0, 0.1) is 0 Å². The van der Waals surface area contributed by atoms with Crippen LogP contribution in [-0.2, 0) is 11.2 Å². The van der Waals surface area contributed by atoms with E-state index in [0.717, 1.165) is 5.56 Å². The van der Waals surface area contributed by atoms with E-state index in [4.69, 9.17) is 22.1 Å². The summed E-state index contributed by atoms with van der Waals surface area (Å²) >= 11 is 6.08. The molecule has 0 fully saturated rings. The molecular formula is C15H23ClN2O2. The monoisotopic (exact) mass is 298 g/mol. The highest BCUT2D eigenvalue weighted by Crippen LogP contribution is 2.25. The smallest absolute Gasteiger partial charge is 0.412 e. The minimum Gasteiger partial charge on any atom is -0.444 e. The van der Waals surface area contributed by atoms with E-state index in [1.165, 1.54) is 0 Å². The summed E-state index contributed by atoms with van der Waals surface area (Å²) in [4.78, 5) is 11.8. The summed E-state index contributed by atoms with van der Waals surface area (Å²) < 4.78 is 5.20. The molecule has 3 N–H and O–H groups in total. The molecule has 0 spiro atoms. The second-order valence-electron chi connectivity index (χ2n) is 6.61. The molecular weight excluding hydrogens is 276 g/mol. The Morgan fingerprint density at radius 2 is 1.90 bits per heavy atom. The number of carbonyl (C=O) groups excluding carboxylic acids is 1. The number of nitrogens with one attached hydrogen (secondary N) is 1. The first-order chi connectivity index (χ1) is 8.96.